The maximum Gasteiger partial charge on any atom is 0.410 e. The molecule has 0 radical (unpaired) electrons. The highest BCUT2D eigenvalue weighted by Crippen LogP contribution is 2.30. The van der Waals surface area contributed by atoms with Crippen LogP contribution in [0.1, 0.15) is 52.1 Å². The maximum absolute atomic E-state index is 12.3. The zero-order chi connectivity index (χ0) is 18.0. The van der Waals surface area contributed by atoms with Crippen LogP contribution in [0.3, 0.4) is 0 Å². The molecule has 0 saturated carbocycles. The number of carbonyl (C=O) groups excluding carboxylic acids is 1. The lowest BCUT2D eigenvalue weighted by Gasteiger charge is -2.40. The van der Waals surface area contributed by atoms with Crippen molar-refractivity contribution in [3.63, 3.8) is 0 Å². The Kier molecular flexibility index (Phi) is 4.97. The van der Waals surface area contributed by atoms with Crippen LogP contribution in [0.5, 0.6) is 0 Å². The minimum atomic E-state index is -0.464. The Hall–Kier alpha value is -2.11. The van der Waals surface area contributed by atoms with E-state index in [4.69, 9.17) is 4.74 Å². The van der Waals surface area contributed by atoms with Gasteiger partial charge in [-0.2, -0.15) is 0 Å². The van der Waals surface area contributed by atoms with Gasteiger partial charge in [0.15, 0.2) is 0 Å². The number of ether oxygens (including phenoxy) is 1. The molecule has 1 aromatic rings. The SMILES string of the molecule is C[C@@H]1CN(C(=O)OC(C)(C)C)CCN1c1cc(C2CC=CC2)ncn1. The fraction of sp³-hybridized carbons (Fsp3) is 0.632. The molecule has 0 aromatic carbocycles. The van der Waals surface area contributed by atoms with Gasteiger partial charge in [-0.3, -0.25) is 0 Å². The summed E-state index contributed by atoms with van der Waals surface area (Å²) in [5.41, 5.74) is 0.644. The van der Waals surface area contributed by atoms with Crippen molar-refractivity contribution in [3.05, 3.63) is 30.2 Å². The van der Waals surface area contributed by atoms with Crippen molar-refractivity contribution >= 4 is 11.9 Å². The molecule has 6 heteroatoms. The van der Waals surface area contributed by atoms with Crippen LogP contribution in [0, 0.1) is 0 Å². The molecule has 2 heterocycles. The normalized spacial score (nSPS) is 21.7. The summed E-state index contributed by atoms with van der Waals surface area (Å²) in [5, 5.41) is 0. The topological polar surface area (TPSA) is 58.6 Å². The fourth-order valence-corrected chi connectivity index (χ4v) is 3.39. The van der Waals surface area contributed by atoms with E-state index in [1.165, 1.54) is 0 Å². The largest absolute Gasteiger partial charge is 0.444 e. The lowest BCUT2D eigenvalue weighted by atomic mass is 10.0. The van der Waals surface area contributed by atoms with Crippen LogP contribution in [-0.4, -0.2) is 52.2 Å². The quantitative estimate of drug-likeness (QED) is 0.770. The molecular weight excluding hydrogens is 316 g/mol. The van der Waals surface area contributed by atoms with Crippen LogP contribution in [0.25, 0.3) is 0 Å². The number of nitrogens with zero attached hydrogens (tertiary/aromatic N) is 4. The van der Waals surface area contributed by atoms with E-state index in [0.29, 0.717) is 19.0 Å². The first kappa shape index (κ1) is 17.7. The molecule has 1 aliphatic heterocycles. The lowest BCUT2D eigenvalue weighted by Crippen LogP contribution is -2.54. The molecule has 6 nitrogen and oxygen atoms in total. The Bertz CT molecular complexity index is 645. The monoisotopic (exact) mass is 344 g/mol. The van der Waals surface area contributed by atoms with Crippen molar-refractivity contribution in [2.45, 2.75) is 58.1 Å². The van der Waals surface area contributed by atoms with E-state index in [9.17, 15) is 4.79 Å². The molecule has 1 aliphatic carbocycles. The predicted molar refractivity (Wildman–Crippen MR) is 97.8 cm³/mol. The molecule has 0 spiro atoms. The van der Waals surface area contributed by atoms with E-state index < -0.39 is 5.60 Å². The first-order valence-corrected chi connectivity index (χ1v) is 9.05. The first-order valence-electron chi connectivity index (χ1n) is 9.05. The van der Waals surface area contributed by atoms with Crippen LogP contribution in [0.2, 0.25) is 0 Å². The summed E-state index contributed by atoms with van der Waals surface area (Å²) in [6.07, 6.45) is 7.97. The fourth-order valence-electron chi connectivity index (χ4n) is 3.39. The smallest absolute Gasteiger partial charge is 0.410 e. The van der Waals surface area contributed by atoms with E-state index in [0.717, 1.165) is 30.9 Å². The summed E-state index contributed by atoms with van der Waals surface area (Å²) in [7, 11) is 0. The van der Waals surface area contributed by atoms with Gasteiger partial charge in [0.2, 0.25) is 0 Å². The number of hydrogen-bond acceptors (Lipinski definition) is 5. The average Bonchev–Trinajstić information content (AvgIpc) is 3.08. The van der Waals surface area contributed by atoms with Crippen molar-refractivity contribution in [2.75, 3.05) is 24.5 Å². The lowest BCUT2D eigenvalue weighted by molar-refractivity contribution is 0.0218. The molecule has 2 aliphatic rings. The summed E-state index contributed by atoms with van der Waals surface area (Å²) in [6, 6.07) is 2.29. The van der Waals surface area contributed by atoms with Gasteiger partial charge in [0.25, 0.3) is 0 Å². The zero-order valence-electron chi connectivity index (χ0n) is 15.6. The molecule has 0 unspecified atom stereocenters. The number of hydrogen-bond donors (Lipinski definition) is 0. The van der Waals surface area contributed by atoms with Crippen molar-refractivity contribution in [3.8, 4) is 0 Å². The minimum absolute atomic E-state index is 0.186. The van der Waals surface area contributed by atoms with Gasteiger partial charge in [-0.1, -0.05) is 12.2 Å². The van der Waals surface area contributed by atoms with Gasteiger partial charge < -0.3 is 14.5 Å². The number of aromatic nitrogens is 2. The Morgan fingerprint density at radius 3 is 2.56 bits per heavy atom. The van der Waals surface area contributed by atoms with Crippen LogP contribution in [0.4, 0.5) is 10.6 Å². The third-order valence-corrected chi connectivity index (χ3v) is 4.67. The molecule has 1 saturated heterocycles. The summed E-state index contributed by atoms with van der Waals surface area (Å²) in [4.78, 5) is 25.3. The second-order valence-corrected chi connectivity index (χ2v) is 7.91. The molecule has 1 atom stereocenters. The number of allylic oxidation sites excluding steroid dienone is 2. The number of rotatable bonds is 2. The van der Waals surface area contributed by atoms with Crippen molar-refractivity contribution in [1.82, 2.24) is 14.9 Å². The standard InChI is InChI=1S/C19H28N4O2/c1-14-12-22(18(24)25-19(2,3)4)9-10-23(14)17-11-16(20-13-21-17)15-7-5-6-8-15/h5-6,11,13-15H,7-10,12H2,1-4H3/t14-/m1/s1. The third-order valence-electron chi connectivity index (χ3n) is 4.67. The van der Waals surface area contributed by atoms with Crippen molar-refractivity contribution in [1.29, 1.82) is 0 Å². The summed E-state index contributed by atoms with van der Waals surface area (Å²) >= 11 is 0. The summed E-state index contributed by atoms with van der Waals surface area (Å²) in [5.74, 6) is 1.42. The van der Waals surface area contributed by atoms with E-state index >= 15 is 0 Å². The van der Waals surface area contributed by atoms with E-state index in [1.807, 2.05) is 20.8 Å². The Balaban J connectivity index is 1.65. The number of carbonyl (C=O) groups is 1. The van der Waals surface area contributed by atoms with E-state index in [-0.39, 0.29) is 12.1 Å². The van der Waals surface area contributed by atoms with E-state index in [2.05, 4.69) is 40.0 Å². The van der Waals surface area contributed by atoms with Crippen molar-refractivity contribution in [2.24, 2.45) is 0 Å². The van der Waals surface area contributed by atoms with Crippen LogP contribution < -0.4 is 4.90 Å². The predicted octanol–water partition coefficient (Wildman–Crippen LogP) is 3.36. The Morgan fingerprint density at radius 1 is 1.20 bits per heavy atom. The van der Waals surface area contributed by atoms with Crippen LogP contribution >= 0.6 is 0 Å². The number of piperazine rings is 1. The second kappa shape index (κ2) is 7.02. The van der Waals surface area contributed by atoms with Crippen molar-refractivity contribution < 1.29 is 9.53 Å². The highest BCUT2D eigenvalue weighted by Gasteiger charge is 2.30. The molecule has 25 heavy (non-hydrogen) atoms. The Labute approximate surface area is 149 Å². The van der Waals surface area contributed by atoms with Gasteiger partial charge >= 0.3 is 6.09 Å². The molecule has 1 amide bonds. The van der Waals surface area contributed by atoms with Gasteiger partial charge in [0, 0.05) is 43.4 Å². The van der Waals surface area contributed by atoms with Crippen LogP contribution in [-0.2, 0) is 4.74 Å². The highest BCUT2D eigenvalue weighted by molar-refractivity contribution is 5.68. The number of anilines is 1. The zero-order valence-corrected chi connectivity index (χ0v) is 15.6. The van der Waals surface area contributed by atoms with Gasteiger partial charge in [-0.15, -0.1) is 0 Å². The highest BCUT2D eigenvalue weighted by atomic mass is 16.6. The Morgan fingerprint density at radius 2 is 1.92 bits per heavy atom. The molecule has 0 N–H and O–H groups in total. The molecule has 0 bridgehead atoms. The summed E-state index contributed by atoms with van der Waals surface area (Å²) in [6.45, 7) is 9.83. The van der Waals surface area contributed by atoms with Gasteiger partial charge in [-0.05, 0) is 40.5 Å². The first-order chi connectivity index (χ1) is 11.8. The second-order valence-electron chi connectivity index (χ2n) is 7.91. The molecule has 1 fully saturated rings. The summed E-state index contributed by atoms with van der Waals surface area (Å²) < 4.78 is 5.49. The molecular formula is C19H28N4O2. The number of amides is 1. The van der Waals surface area contributed by atoms with Gasteiger partial charge in [0.05, 0.1) is 0 Å². The molecule has 136 valence electrons. The molecule has 1 aromatic heterocycles. The third kappa shape index (κ3) is 4.30. The van der Waals surface area contributed by atoms with Gasteiger partial charge in [-0.25, -0.2) is 14.8 Å². The minimum Gasteiger partial charge on any atom is -0.444 e. The van der Waals surface area contributed by atoms with Gasteiger partial charge in [0.1, 0.15) is 17.7 Å². The van der Waals surface area contributed by atoms with E-state index in [1.54, 1.807) is 11.2 Å². The van der Waals surface area contributed by atoms with Crippen LogP contribution in [0.15, 0.2) is 24.5 Å². The average molecular weight is 344 g/mol. The maximum atomic E-state index is 12.3. The molecule has 3 rings (SSSR count).